The summed E-state index contributed by atoms with van der Waals surface area (Å²) in [7, 11) is 0. The molecule has 6 aromatic heterocycles. The van der Waals surface area contributed by atoms with Crippen LogP contribution in [0.4, 0.5) is 0 Å². The zero-order chi connectivity index (χ0) is 64.1. The normalized spacial score (nSPS) is 12.1. The Morgan fingerprint density at radius 3 is 1.10 bits per heavy atom. The van der Waals surface area contributed by atoms with E-state index in [1.165, 1.54) is 194 Å². The fourth-order valence-electron chi connectivity index (χ4n) is 16.3. The fourth-order valence-corrected chi connectivity index (χ4v) is 18.7. The van der Waals surface area contributed by atoms with Crippen LogP contribution in [0.15, 0.2) is 340 Å². The first-order valence-corrected chi connectivity index (χ1v) is 35.2. The number of aromatic nitrogens is 4. The third kappa shape index (κ3) is 8.23. The van der Waals surface area contributed by atoms with Gasteiger partial charge in [-0.1, -0.05) is 212 Å². The van der Waals surface area contributed by atoms with E-state index in [9.17, 15) is 0 Å². The van der Waals surface area contributed by atoms with Crippen LogP contribution in [0.1, 0.15) is 0 Å². The predicted molar refractivity (Wildman–Crippen MR) is 422 cm³/mol. The van der Waals surface area contributed by atoms with Crippen molar-refractivity contribution in [2.45, 2.75) is 0 Å². The summed E-state index contributed by atoms with van der Waals surface area (Å²) in [5, 5.41) is 20.6. The summed E-state index contributed by atoms with van der Waals surface area (Å²) in [6.07, 6.45) is 0. The molecule has 0 fully saturated rings. The summed E-state index contributed by atoms with van der Waals surface area (Å²) in [6, 6.07) is 125. The van der Waals surface area contributed by atoms with Gasteiger partial charge in [-0.05, 0) is 160 Å². The van der Waals surface area contributed by atoms with Gasteiger partial charge in [0, 0.05) is 106 Å². The van der Waals surface area contributed by atoms with Gasteiger partial charge in [0.2, 0.25) is 0 Å². The molecule has 0 aliphatic heterocycles. The van der Waals surface area contributed by atoms with Gasteiger partial charge in [-0.2, -0.15) is 0 Å². The smallest absolute Gasteiger partial charge is 0.0555 e. The summed E-state index contributed by atoms with van der Waals surface area (Å²) in [6.45, 7) is 0. The summed E-state index contributed by atoms with van der Waals surface area (Å²) < 4.78 is 15.1. The summed E-state index contributed by atoms with van der Waals surface area (Å²) >= 11 is 3.79. The number of fused-ring (bicyclic) bond motifs is 22. The zero-order valence-electron chi connectivity index (χ0n) is 52.9. The Balaban J connectivity index is 0.000000129. The second-order valence-electron chi connectivity index (χ2n) is 25.8. The number of hydrogen-bond donors (Lipinski definition) is 0. The first-order chi connectivity index (χ1) is 48.6. The molecule has 6 heterocycles. The van der Waals surface area contributed by atoms with Crippen LogP contribution in [0.2, 0.25) is 0 Å². The van der Waals surface area contributed by atoms with Gasteiger partial charge in [0.1, 0.15) is 0 Å². The van der Waals surface area contributed by atoms with Crippen LogP contribution in [0.5, 0.6) is 0 Å². The van der Waals surface area contributed by atoms with Crippen LogP contribution >= 0.6 is 22.7 Å². The maximum atomic E-state index is 2.44. The number of hydrogen-bond acceptors (Lipinski definition) is 2. The summed E-state index contributed by atoms with van der Waals surface area (Å²) in [5.74, 6) is 0. The Labute approximate surface area is 570 Å². The molecule has 0 saturated carbocycles. The Bertz CT molecular complexity index is 7040. The molecule has 6 heteroatoms. The fraction of sp³-hybridized carbons (Fsp3) is 0. The molecule has 456 valence electrons. The van der Waals surface area contributed by atoms with E-state index in [0.29, 0.717) is 0 Å². The predicted octanol–water partition coefficient (Wildman–Crippen LogP) is 26.1. The molecule has 0 aliphatic carbocycles. The van der Waals surface area contributed by atoms with Gasteiger partial charge in [-0.25, -0.2) is 0 Å². The average molecular weight is 1280 g/mol. The van der Waals surface area contributed by atoms with Crippen molar-refractivity contribution in [1.82, 2.24) is 18.3 Å². The van der Waals surface area contributed by atoms with E-state index >= 15 is 0 Å². The monoisotopic (exact) mass is 1280 g/mol. The van der Waals surface area contributed by atoms with Crippen molar-refractivity contribution in [2.24, 2.45) is 0 Å². The van der Waals surface area contributed by atoms with Gasteiger partial charge >= 0.3 is 0 Å². The molecule has 0 amide bonds. The molecule has 0 spiro atoms. The topological polar surface area (TPSA) is 19.7 Å². The first kappa shape index (κ1) is 55.0. The lowest BCUT2D eigenvalue weighted by Crippen LogP contribution is -1.95. The molecular weight excluding hydrogens is 1230 g/mol. The van der Waals surface area contributed by atoms with Gasteiger partial charge in [0.15, 0.2) is 0 Å². The van der Waals surface area contributed by atoms with E-state index < -0.39 is 0 Å². The highest BCUT2D eigenvalue weighted by Crippen LogP contribution is 2.48. The largest absolute Gasteiger partial charge is 0.309 e. The van der Waals surface area contributed by atoms with Gasteiger partial charge in [0.25, 0.3) is 0 Å². The Kier molecular flexibility index (Phi) is 12.1. The minimum Gasteiger partial charge on any atom is -0.309 e. The molecule has 98 heavy (non-hydrogen) atoms. The number of thiophene rings is 2. The lowest BCUT2D eigenvalue weighted by atomic mass is 9.99. The van der Waals surface area contributed by atoms with Crippen LogP contribution < -0.4 is 0 Å². The molecule has 22 rings (SSSR count). The van der Waals surface area contributed by atoms with Gasteiger partial charge in [0.05, 0.1) is 55.5 Å². The van der Waals surface area contributed by atoms with Crippen molar-refractivity contribution in [3.8, 4) is 45.0 Å². The second kappa shape index (κ2) is 21.6. The number of rotatable bonds is 6. The van der Waals surface area contributed by atoms with Crippen LogP contribution in [-0.4, -0.2) is 18.3 Å². The van der Waals surface area contributed by atoms with Crippen molar-refractivity contribution in [3.63, 3.8) is 0 Å². The number of para-hydroxylation sites is 4. The maximum Gasteiger partial charge on any atom is 0.0555 e. The number of nitrogens with zero attached hydrogens (tertiary/aromatic N) is 4. The highest BCUT2D eigenvalue weighted by molar-refractivity contribution is 7.27. The molecule has 4 nitrogen and oxygen atoms in total. The van der Waals surface area contributed by atoms with Gasteiger partial charge in [-0.3, -0.25) is 0 Å². The van der Waals surface area contributed by atoms with E-state index in [1.807, 2.05) is 22.7 Å². The molecule has 0 aliphatic rings. The molecule has 0 bridgehead atoms. The highest BCUT2D eigenvalue weighted by atomic mass is 32.1. The molecule has 0 saturated heterocycles. The van der Waals surface area contributed by atoms with E-state index in [4.69, 9.17) is 0 Å². The summed E-state index contributed by atoms with van der Waals surface area (Å²) in [5.41, 5.74) is 19.5. The third-order valence-corrected chi connectivity index (χ3v) is 22.9. The van der Waals surface area contributed by atoms with Crippen molar-refractivity contribution < 1.29 is 0 Å². The molecule has 22 aromatic rings. The third-order valence-electron chi connectivity index (χ3n) is 20.6. The van der Waals surface area contributed by atoms with Crippen molar-refractivity contribution in [2.75, 3.05) is 0 Å². The molecule has 0 radical (unpaired) electrons. The number of benzene rings is 16. The minimum atomic E-state index is 1.18. The SMILES string of the molecule is c1ccc(-n2c3ccc(-c4ccc5c(c4)c4ccccc4n5-c4cccc5ccccc45)cc3c3c4c(ccc32)sc2ccccc24)cc1.c1ccc(-n2c3ccc(-c4ccc5c(c4)c4ccccc4n5-c4cccc5ccccc45)cc3c3c4sc5ccccc5c4ccc32)cc1. The van der Waals surface area contributed by atoms with E-state index in [2.05, 4.69) is 358 Å². The van der Waals surface area contributed by atoms with Crippen molar-refractivity contribution in [3.05, 3.63) is 340 Å². The lowest BCUT2D eigenvalue weighted by Gasteiger charge is -2.12. The van der Waals surface area contributed by atoms with Crippen LogP contribution in [0.25, 0.3) is 194 Å². The van der Waals surface area contributed by atoms with Crippen LogP contribution in [0, 0.1) is 0 Å². The average Bonchev–Trinajstić information content (AvgIpc) is 1.57. The van der Waals surface area contributed by atoms with Gasteiger partial charge in [-0.15, -0.1) is 22.7 Å². The van der Waals surface area contributed by atoms with Crippen molar-refractivity contribution >= 4 is 172 Å². The maximum absolute atomic E-state index is 2.44. The lowest BCUT2D eigenvalue weighted by molar-refractivity contribution is 1.18. The summed E-state index contributed by atoms with van der Waals surface area (Å²) in [4.78, 5) is 0. The molecule has 16 aromatic carbocycles. The second-order valence-corrected chi connectivity index (χ2v) is 28.0. The Hall–Kier alpha value is -12.3. The van der Waals surface area contributed by atoms with E-state index in [-0.39, 0.29) is 0 Å². The molecule has 0 N–H and O–H groups in total. The van der Waals surface area contributed by atoms with E-state index in [0.717, 1.165) is 0 Å². The molecular formula is C92H56N4S2. The first-order valence-electron chi connectivity index (χ1n) is 33.5. The van der Waals surface area contributed by atoms with E-state index in [1.54, 1.807) is 0 Å². The van der Waals surface area contributed by atoms with Crippen LogP contribution in [0.3, 0.4) is 0 Å². The van der Waals surface area contributed by atoms with Crippen molar-refractivity contribution in [1.29, 1.82) is 0 Å². The van der Waals surface area contributed by atoms with Gasteiger partial charge < -0.3 is 18.3 Å². The molecule has 0 atom stereocenters. The Morgan fingerprint density at radius 1 is 0.184 bits per heavy atom. The minimum absolute atomic E-state index is 1.18. The standard InChI is InChI=1S/2C46H28N2S/c1-2-13-32(14-3-1)47-42-25-22-31(28-38(42)45-43(47)26-23-36-35-17-7-9-20-44(35)49-46(36)45)30-21-24-41-37(27-30)34-16-6-8-18-40(34)48(41)39-19-10-12-29-11-4-5-15-33(29)39;1-2-13-32(14-3-1)47-41-24-22-31(28-37(41)45-42(47)25-26-44-46(45)35-17-7-9-20-43(35)49-44)30-21-23-40-36(27-30)34-16-6-8-18-39(34)48(40)38-19-10-12-29-11-4-5-15-33(29)38/h2*1-28H. The highest BCUT2D eigenvalue weighted by Gasteiger charge is 2.23. The zero-order valence-corrected chi connectivity index (χ0v) is 54.6. The quantitative estimate of drug-likeness (QED) is 0.158. The Morgan fingerprint density at radius 2 is 0.561 bits per heavy atom. The molecule has 0 unspecified atom stereocenters. The van der Waals surface area contributed by atoms with Crippen LogP contribution in [-0.2, 0) is 0 Å².